The maximum Gasteiger partial charge on any atom is 0.344 e. The molecule has 8 aromatic rings. The van der Waals surface area contributed by atoms with Crippen LogP contribution in [0.15, 0.2) is 138 Å². The number of nitrogen functional groups attached to an aromatic ring is 1. The van der Waals surface area contributed by atoms with E-state index < -0.39 is 81.3 Å². The van der Waals surface area contributed by atoms with Crippen molar-refractivity contribution in [3.63, 3.8) is 0 Å². The molecule has 0 unspecified atom stereocenters. The molecule has 2 fully saturated rings. The molecule has 1 saturated heterocycles. The fourth-order valence-corrected chi connectivity index (χ4v) is 20.1. The summed E-state index contributed by atoms with van der Waals surface area (Å²) in [6, 6.07) is 28.1. The summed E-state index contributed by atoms with van der Waals surface area (Å²) in [5.74, 6) is -5.22. The highest BCUT2D eigenvalue weighted by molar-refractivity contribution is 5.98. The molecule has 25 heteroatoms. The number of benzene rings is 5. The van der Waals surface area contributed by atoms with Crippen molar-refractivity contribution in [2.24, 2.45) is 11.3 Å². The molecule has 600 valence electrons. The fourth-order valence-electron chi connectivity index (χ4n) is 20.1. The number of carboxylic acids is 3. The maximum atomic E-state index is 15.2. The Morgan fingerprint density at radius 1 is 0.798 bits per heavy atom. The van der Waals surface area contributed by atoms with Crippen molar-refractivity contribution < 1.29 is 72.9 Å². The molecule has 3 aromatic heterocycles. The molecule has 5 aromatic carbocycles. The van der Waals surface area contributed by atoms with E-state index in [4.69, 9.17) is 40.0 Å². The standard InChI is InChI=1S/C45H54N4O8.C24H28O2.C20H21N5O6/c1-8-27-19-28-22-44(40(51)55-6,36-30(25-48(23-27)24-28)29-13-10-11-14-33(29)46-36)32-20-31-34(21-35(32)54-5)47(4)38-43(31)16-18-49-17-12-15-42(9-2,37(43)49)39(57-26(3)50)45(38,53)41(52)56-7;1-15-13-20-21(24(5,6)12-11-23(20,3)4)14-19(15)16(2)17-7-9-18(10-8-17)22(25)26;21-20-24-16-15(18(29)25-20)12(9-22-16)6-3-10-1-4-11(5-2-10)17(28)23-13(19(30)31)7-8-14(26)27/h10-15,19-21,28,37-39,46,53H,8-9,16-18,22-25H2,1-7H3;7-10,13-14H,2,11-12H2,1,3-6H3,(H,25,26);1-2,4-5,9,13H,3,6-8H2,(H,23,28)(H,26,27)(H,30,31)(H4,21,22,24,25,29)/t28-,37-,38+,39+,42+,43+,44-,45-;;13-/m0.0/s1. The molecule has 7 aliphatic rings. The molecule has 114 heavy (non-hydrogen) atoms. The number of aliphatic hydroxyl groups is 1. The number of nitrogens with zero attached hydrogens (tertiary/aromatic N) is 4. The highest BCUT2D eigenvalue weighted by atomic mass is 16.6. The largest absolute Gasteiger partial charge is 0.496 e. The number of hydrogen-bond donors (Lipinski definition) is 9. The molecule has 5 aliphatic heterocycles. The van der Waals surface area contributed by atoms with Crippen LogP contribution >= 0.6 is 0 Å². The van der Waals surface area contributed by atoms with E-state index in [2.05, 4.69) is 132 Å². The van der Waals surface area contributed by atoms with Gasteiger partial charge >= 0.3 is 35.8 Å². The van der Waals surface area contributed by atoms with Crippen LogP contribution in [0.3, 0.4) is 0 Å². The third-order valence-corrected chi connectivity index (χ3v) is 25.6. The number of fused-ring (bicyclic) bond motifs is 8. The first kappa shape index (κ1) is 80.9. The van der Waals surface area contributed by atoms with Gasteiger partial charge in [0.05, 0.1) is 38.3 Å². The molecule has 10 N–H and O–H groups in total. The normalized spacial score (nSPS) is 24.7. The Hall–Kier alpha value is -11.2. The molecule has 2 bridgehead atoms. The lowest BCUT2D eigenvalue weighted by atomic mass is 9.47. The Balaban J connectivity index is 0.000000167. The van der Waals surface area contributed by atoms with Gasteiger partial charge in [-0.2, -0.15) is 4.98 Å². The number of aromatic carboxylic acids is 1. The number of carboxylic acid groups (broad SMARTS) is 3. The fraction of sp³-hybridized carbons (Fsp3) is 0.427. The van der Waals surface area contributed by atoms with Crippen molar-refractivity contribution >= 4 is 80.9 Å². The number of aromatic amines is 3. The Kier molecular flexibility index (Phi) is 22.0. The number of ether oxygens (including phenoxy) is 4. The van der Waals surface area contributed by atoms with Crippen LogP contribution in [0, 0.1) is 18.3 Å². The minimum atomic E-state index is -2.27. The number of carbonyl (C=O) groups is 7. The number of aryl methyl sites for hydroxylation is 3. The summed E-state index contributed by atoms with van der Waals surface area (Å²) in [7, 11) is 6.22. The zero-order valence-electron chi connectivity index (χ0n) is 66.8. The van der Waals surface area contributed by atoms with Crippen LogP contribution in [0.25, 0.3) is 27.5 Å². The van der Waals surface area contributed by atoms with Crippen LogP contribution in [0.2, 0.25) is 0 Å². The molecular formula is C89H103N9O16. The van der Waals surface area contributed by atoms with Crippen LogP contribution in [0.5, 0.6) is 5.75 Å². The number of carbonyl (C=O) groups excluding carboxylic acids is 4. The van der Waals surface area contributed by atoms with Gasteiger partial charge in [-0.15, -0.1) is 0 Å². The van der Waals surface area contributed by atoms with Crippen LogP contribution < -0.4 is 26.2 Å². The number of esters is 3. The van der Waals surface area contributed by atoms with Crippen LogP contribution in [0.4, 0.5) is 11.6 Å². The number of anilines is 2. The number of methoxy groups -OCH3 is 3. The van der Waals surface area contributed by atoms with Crippen LogP contribution in [-0.2, 0) is 79.2 Å². The summed E-state index contributed by atoms with van der Waals surface area (Å²) in [5, 5.41) is 44.1. The Bertz CT molecular complexity index is 5300. The predicted molar refractivity (Wildman–Crippen MR) is 433 cm³/mol. The van der Waals surface area contributed by atoms with Crippen LogP contribution in [-0.4, -0.2) is 176 Å². The van der Waals surface area contributed by atoms with Gasteiger partial charge in [-0.1, -0.05) is 127 Å². The van der Waals surface area contributed by atoms with Crippen molar-refractivity contribution in [3.05, 3.63) is 216 Å². The van der Waals surface area contributed by atoms with Crippen molar-refractivity contribution in [2.45, 2.75) is 178 Å². The second kappa shape index (κ2) is 31.0. The van der Waals surface area contributed by atoms with E-state index in [0.29, 0.717) is 79.6 Å². The average Bonchev–Trinajstić information content (AvgIpc) is 1.54. The first-order chi connectivity index (χ1) is 54.2. The number of aromatic nitrogens is 4. The number of likely N-dealkylation sites (N-methyl/N-ethyl adjacent to an activating group) is 1. The first-order valence-corrected chi connectivity index (χ1v) is 39.0. The van der Waals surface area contributed by atoms with Crippen molar-refractivity contribution in [2.75, 3.05) is 65.2 Å². The smallest absolute Gasteiger partial charge is 0.344 e. The summed E-state index contributed by atoms with van der Waals surface area (Å²) in [6.45, 7) is 25.0. The molecule has 25 nitrogen and oxygen atoms in total. The topological polar surface area (TPSA) is 362 Å². The van der Waals surface area contributed by atoms with Gasteiger partial charge in [0, 0.05) is 109 Å². The van der Waals surface area contributed by atoms with E-state index in [9.17, 15) is 38.7 Å². The second-order valence-corrected chi connectivity index (χ2v) is 33.0. The van der Waals surface area contributed by atoms with E-state index >= 15 is 4.79 Å². The van der Waals surface area contributed by atoms with Crippen molar-refractivity contribution in [3.8, 4) is 5.75 Å². The summed E-state index contributed by atoms with van der Waals surface area (Å²) < 4.78 is 23.9. The molecule has 2 aliphatic carbocycles. The zero-order chi connectivity index (χ0) is 82.1. The summed E-state index contributed by atoms with van der Waals surface area (Å²) >= 11 is 0. The van der Waals surface area contributed by atoms with Crippen LogP contribution in [0.1, 0.15) is 182 Å². The van der Waals surface area contributed by atoms with Crippen molar-refractivity contribution in [1.82, 2.24) is 35.1 Å². The molecule has 0 radical (unpaired) electrons. The van der Waals surface area contributed by atoms with E-state index in [1.54, 1.807) is 49.7 Å². The maximum absolute atomic E-state index is 15.2. The highest BCUT2D eigenvalue weighted by Crippen LogP contribution is 2.68. The number of para-hydroxylation sites is 1. The van der Waals surface area contributed by atoms with Gasteiger partial charge in [0.2, 0.25) is 11.5 Å². The molecule has 1 saturated carbocycles. The summed E-state index contributed by atoms with van der Waals surface area (Å²) in [5.41, 5.74) is 16.4. The number of amides is 1. The molecule has 15 rings (SSSR count). The second-order valence-electron chi connectivity index (χ2n) is 33.0. The van der Waals surface area contributed by atoms with Gasteiger partial charge in [-0.3, -0.25) is 33.8 Å². The lowest BCUT2D eigenvalue weighted by Crippen LogP contribution is -2.81. The predicted octanol–water partition coefficient (Wildman–Crippen LogP) is 11.5. The quantitative estimate of drug-likeness (QED) is 0.0206. The molecule has 8 heterocycles. The van der Waals surface area contributed by atoms with E-state index in [1.807, 2.05) is 49.2 Å². The first-order valence-electron chi connectivity index (χ1n) is 39.0. The number of aliphatic carboxylic acids is 2. The number of nitrogens with one attached hydrogen (secondary N) is 4. The third kappa shape index (κ3) is 13.9. The van der Waals surface area contributed by atoms with Crippen molar-refractivity contribution in [1.29, 1.82) is 0 Å². The Morgan fingerprint density at radius 2 is 1.47 bits per heavy atom. The van der Waals surface area contributed by atoms with E-state index in [-0.39, 0.29) is 53.1 Å². The third-order valence-electron chi connectivity index (χ3n) is 25.6. The monoisotopic (exact) mass is 1550 g/mol. The summed E-state index contributed by atoms with van der Waals surface area (Å²) in [6.07, 6.45) is 12.3. The summed E-state index contributed by atoms with van der Waals surface area (Å²) in [4.78, 5) is 120. The number of H-pyrrole nitrogens is 3. The van der Waals surface area contributed by atoms with Gasteiger partial charge < -0.3 is 70.3 Å². The molecule has 10 atom stereocenters. The lowest BCUT2D eigenvalue weighted by Gasteiger charge is -2.63. The SMILES string of the molecule is C=C(c1ccc(C(=O)O)cc1)c1cc2c(cc1C)C(C)(C)CCC2(C)C.CCC1=C[C@@H]2C[N@](C1)Cc1c([nH]c3ccccc13)[C@@](C(=O)OC)(c1cc3c(cc1OC)N(C)[C@H]1[C@@](O)(C(=O)OC)[C@H](OC(C)=O)[C@]4(CC)C=CCN5CC[C@]31[C@@H]54)C2.Nc1nc(=O)c2c(CCc3ccc(C(=O)N[C@@H](CCC(=O)O)C(=O)O)cc3)c[nH]c2[nH]1. The molecule has 1 amide bonds. The molecule has 1 spiro atoms. The minimum absolute atomic E-state index is 0.0284. The van der Waals surface area contributed by atoms with Gasteiger partial charge in [0.25, 0.3) is 11.5 Å². The van der Waals surface area contributed by atoms with Gasteiger partial charge in [0.15, 0.2) is 6.10 Å². The number of nitrogens with two attached hydrogens (primary N) is 1. The van der Waals surface area contributed by atoms with Gasteiger partial charge in [0.1, 0.15) is 22.9 Å². The highest BCUT2D eigenvalue weighted by Gasteiger charge is 2.80. The van der Waals surface area contributed by atoms with E-state index in [0.717, 1.165) is 80.7 Å². The average molecular weight is 1550 g/mol. The van der Waals surface area contributed by atoms with E-state index in [1.165, 1.54) is 56.2 Å². The number of hydrogen-bond acceptors (Lipinski definition) is 18. The minimum Gasteiger partial charge on any atom is -0.496 e. The zero-order valence-corrected chi connectivity index (χ0v) is 66.8. The number of rotatable bonds is 19. The Labute approximate surface area is 662 Å². The van der Waals surface area contributed by atoms with Gasteiger partial charge in [-0.25, -0.2) is 14.4 Å². The lowest BCUT2D eigenvalue weighted by molar-refractivity contribution is -0.228. The molecular weight excluding hydrogens is 1450 g/mol. The Morgan fingerprint density at radius 3 is 2.11 bits per heavy atom. The van der Waals surface area contributed by atoms with Gasteiger partial charge in [-0.05, 0) is 180 Å².